The van der Waals surface area contributed by atoms with Crippen molar-refractivity contribution in [3.05, 3.63) is 59.7 Å². The number of aliphatic carboxylic acids is 2. The van der Waals surface area contributed by atoms with Gasteiger partial charge in [-0.05, 0) is 48.2 Å². The molecule has 14 nitrogen and oxygen atoms in total. The quantitative estimate of drug-likeness (QED) is 0.0551. The summed E-state index contributed by atoms with van der Waals surface area (Å²) in [5.41, 5.74) is 2.99. The number of rotatable bonds is 25. The van der Waals surface area contributed by atoms with Crippen LogP contribution in [-0.2, 0) is 41.6 Å². The van der Waals surface area contributed by atoms with Crippen LogP contribution in [-0.4, -0.2) is 109 Å². The fraction of sp³-hybridized carbons (Fsp3) is 0.500. The molecule has 4 N–H and O–H groups in total. The van der Waals surface area contributed by atoms with Crippen LogP contribution in [0.3, 0.4) is 0 Å². The van der Waals surface area contributed by atoms with E-state index in [0.717, 1.165) is 11.4 Å². The zero-order valence-corrected chi connectivity index (χ0v) is 39.1. The third-order valence-electron chi connectivity index (χ3n) is 8.23. The zero-order valence-electron chi connectivity index (χ0n) is 32.1. The van der Waals surface area contributed by atoms with E-state index in [4.69, 9.17) is 46.4 Å². The second-order valence-electron chi connectivity index (χ2n) is 12.3. The number of alkyl halides is 4. The molecule has 4 atom stereocenters. The number of halogens is 4. The van der Waals surface area contributed by atoms with Crippen molar-refractivity contribution in [2.45, 2.75) is 63.7 Å². The van der Waals surface area contributed by atoms with Gasteiger partial charge >= 0.3 is 59.1 Å². The van der Waals surface area contributed by atoms with E-state index in [1.54, 1.807) is 24.3 Å². The molecule has 298 valence electrons. The number of carbonyl (C=O) groups excluding carboxylic acids is 6. The Morgan fingerprint density at radius 1 is 0.518 bits per heavy atom. The van der Waals surface area contributed by atoms with Gasteiger partial charge in [-0.3, -0.25) is 19.2 Å². The van der Waals surface area contributed by atoms with Gasteiger partial charge in [-0.15, -0.1) is 46.4 Å². The molecular formula is C36H46Cl4N6Na2O8. The van der Waals surface area contributed by atoms with E-state index >= 15 is 0 Å². The second kappa shape index (κ2) is 29.3. The van der Waals surface area contributed by atoms with E-state index in [0.29, 0.717) is 60.8 Å². The first-order chi connectivity index (χ1) is 25.7. The smallest absolute Gasteiger partial charge is 0.548 e. The van der Waals surface area contributed by atoms with Crippen molar-refractivity contribution in [3.8, 4) is 0 Å². The third kappa shape index (κ3) is 19.6. The topological polar surface area (TPSA) is 203 Å². The van der Waals surface area contributed by atoms with Gasteiger partial charge in [0.15, 0.2) is 0 Å². The van der Waals surface area contributed by atoms with Crippen molar-refractivity contribution < 1.29 is 98.1 Å². The van der Waals surface area contributed by atoms with Gasteiger partial charge in [0.2, 0.25) is 23.6 Å². The van der Waals surface area contributed by atoms with Crippen LogP contribution < -0.4 is 100 Å². The maximum Gasteiger partial charge on any atom is 1.00 e. The normalized spacial score (nSPS) is 12.6. The standard InChI is InChI=1S/C36H48Cl4N6O8.2Na/c1-23(47)41-31(21-25-3-7-27(8-4-25)45(17-13-37)18-14-38)33(49)43-29(35(51)52)11-12-30(36(53)54)44-34(50)32(42-24(2)48)22-26-5-9-28(10-6-26)46(19-15-39)20-16-40;;/h3-10,29-32H,11-22H2,1-2H3,(H,41,47)(H,42,48)(H,43,49)(H,44,50)(H,51,52)(H,53,54);;/q;2*+1/p-2. The summed E-state index contributed by atoms with van der Waals surface area (Å²) in [6.07, 6.45) is -0.973. The van der Waals surface area contributed by atoms with Crippen LogP contribution in [0.1, 0.15) is 37.8 Å². The Hall–Kier alpha value is -1.98. The maximum atomic E-state index is 13.3. The predicted octanol–water partition coefficient (Wildman–Crippen LogP) is -5.69. The number of nitrogens with one attached hydrogen (secondary N) is 4. The van der Waals surface area contributed by atoms with Gasteiger partial charge in [-0.2, -0.15) is 0 Å². The summed E-state index contributed by atoms with van der Waals surface area (Å²) < 4.78 is 0. The van der Waals surface area contributed by atoms with Crippen LogP contribution in [0.4, 0.5) is 11.4 Å². The molecule has 2 rings (SSSR count). The minimum Gasteiger partial charge on any atom is -0.548 e. The van der Waals surface area contributed by atoms with Crippen LogP contribution in [0.25, 0.3) is 0 Å². The number of carboxylic acids is 2. The zero-order chi connectivity index (χ0) is 40.2. The molecule has 0 saturated heterocycles. The molecule has 0 aliphatic carbocycles. The van der Waals surface area contributed by atoms with E-state index in [1.807, 2.05) is 34.1 Å². The van der Waals surface area contributed by atoms with Crippen molar-refractivity contribution in [2.24, 2.45) is 0 Å². The number of hydrogen-bond donors (Lipinski definition) is 4. The molecule has 0 fully saturated rings. The van der Waals surface area contributed by atoms with E-state index < -0.39 is 72.6 Å². The average Bonchev–Trinajstić information content (AvgIpc) is 3.12. The monoisotopic (exact) mass is 876 g/mol. The molecule has 0 saturated carbocycles. The summed E-state index contributed by atoms with van der Waals surface area (Å²) in [5.74, 6) is -4.68. The SMILES string of the molecule is CC(=O)NC(Cc1ccc(N(CCCl)CCCl)cc1)C(=O)NC(CCC(NC(=O)C(Cc1ccc(N(CCCl)CCCl)cc1)NC(C)=O)C(=O)[O-])C(=O)[O-].[Na+].[Na+]. The Morgan fingerprint density at radius 3 is 1.04 bits per heavy atom. The summed E-state index contributed by atoms with van der Waals surface area (Å²) in [5, 5.41) is 33.8. The van der Waals surface area contributed by atoms with Crippen molar-refractivity contribution >= 4 is 93.3 Å². The molecule has 0 aliphatic rings. The average molecular weight is 879 g/mol. The molecule has 0 aliphatic heterocycles. The number of carboxylic acid groups (broad SMARTS) is 2. The molecule has 0 bridgehead atoms. The van der Waals surface area contributed by atoms with Gasteiger partial charge in [0.25, 0.3) is 0 Å². The molecule has 2 aromatic carbocycles. The summed E-state index contributed by atoms with van der Waals surface area (Å²) in [7, 11) is 0. The van der Waals surface area contributed by atoms with Gasteiger partial charge in [0, 0.05) is 87.8 Å². The van der Waals surface area contributed by atoms with Gasteiger partial charge in [0.1, 0.15) is 12.1 Å². The summed E-state index contributed by atoms with van der Waals surface area (Å²) in [6.45, 7) is 4.65. The third-order valence-corrected chi connectivity index (χ3v) is 8.91. The van der Waals surface area contributed by atoms with E-state index in [9.17, 15) is 39.0 Å². The van der Waals surface area contributed by atoms with E-state index in [2.05, 4.69) is 21.3 Å². The number of carbonyl (C=O) groups is 6. The summed E-state index contributed by atoms with van der Waals surface area (Å²) in [4.78, 5) is 78.6. The second-order valence-corrected chi connectivity index (χ2v) is 13.8. The van der Waals surface area contributed by atoms with Crippen molar-refractivity contribution in [2.75, 3.05) is 59.5 Å². The molecule has 2 aromatic rings. The van der Waals surface area contributed by atoms with Crippen molar-refractivity contribution in [3.63, 3.8) is 0 Å². The number of anilines is 2. The van der Waals surface area contributed by atoms with Crippen LogP contribution in [0.15, 0.2) is 48.5 Å². The number of benzene rings is 2. The molecule has 0 heterocycles. The minimum atomic E-state index is -1.72. The predicted molar refractivity (Wildman–Crippen MR) is 206 cm³/mol. The first kappa shape index (κ1) is 54.0. The number of amides is 4. The maximum absolute atomic E-state index is 13.3. The van der Waals surface area contributed by atoms with Crippen LogP contribution in [0.5, 0.6) is 0 Å². The number of hydrogen-bond acceptors (Lipinski definition) is 10. The molecule has 0 aromatic heterocycles. The Bertz CT molecular complexity index is 1420. The van der Waals surface area contributed by atoms with Crippen LogP contribution >= 0.6 is 46.4 Å². The van der Waals surface area contributed by atoms with Crippen LogP contribution in [0.2, 0.25) is 0 Å². The Labute approximate surface area is 392 Å². The van der Waals surface area contributed by atoms with Gasteiger partial charge in [0.05, 0.1) is 24.0 Å². The Balaban J connectivity index is 0.0000151. The van der Waals surface area contributed by atoms with E-state index in [1.165, 1.54) is 13.8 Å². The Morgan fingerprint density at radius 2 is 0.804 bits per heavy atom. The van der Waals surface area contributed by atoms with Gasteiger partial charge in [-0.25, -0.2) is 0 Å². The van der Waals surface area contributed by atoms with Crippen molar-refractivity contribution in [1.82, 2.24) is 21.3 Å². The Kier molecular flexibility index (Phi) is 28.2. The largest absolute Gasteiger partial charge is 1.00 e. The van der Waals surface area contributed by atoms with Crippen molar-refractivity contribution in [1.29, 1.82) is 0 Å². The molecule has 0 spiro atoms. The molecule has 4 unspecified atom stereocenters. The first-order valence-corrected chi connectivity index (χ1v) is 19.3. The molecular weight excluding hydrogens is 832 g/mol. The van der Waals surface area contributed by atoms with Gasteiger partial charge < -0.3 is 50.9 Å². The molecule has 0 radical (unpaired) electrons. The fourth-order valence-corrected chi connectivity index (χ4v) is 6.41. The fourth-order valence-electron chi connectivity index (χ4n) is 5.59. The minimum absolute atomic E-state index is 0. The molecule has 20 heteroatoms. The summed E-state index contributed by atoms with van der Waals surface area (Å²) >= 11 is 23.6. The van der Waals surface area contributed by atoms with E-state index in [-0.39, 0.29) is 72.0 Å². The van der Waals surface area contributed by atoms with Crippen LogP contribution in [0, 0.1) is 0 Å². The van der Waals surface area contributed by atoms with Gasteiger partial charge in [-0.1, -0.05) is 24.3 Å². The first-order valence-electron chi connectivity index (χ1n) is 17.2. The summed E-state index contributed by atoms with van der Waals surface area (Å²) in [6, 6.07) is 8.46. The number of nitrogens with zero attached hydrogens (tertiary/aromatic N) is 2. The molecule has 56 heavy (non-hydrogen) atoms. The molecule has 4 amide bonds.